The first-order valence-corrected chi connectivity index (χ1v) is 11.3. The fourth-order valence-corrected chi connectivity index (χ4v) is 4.83. The van der Waals surface area contributed by atoms with Gasteiger partial charge in [-0.1, -0.05) is 35.9 Å². The maximum atomic E-state index is 13.2. The van der Waals surface area contributed by atoms with E-state index in [0.29, 0.717) is 40.7 Å². The number of benzene rings is 3. The highest BCUT2D eigenvalue weighted by Crippen LogP contribution is 2.46. The Morgan fingerprint density at radius 3 is 2.85 bits per heavy atom. The highest BCUT2D eigenvalue weighted by atomic mass is 35.5. The lowest BCUT2D eigenvalue weighted by molar-refractivity contribution is 0.0378. The number of hydrogen-bond donors (Lipinski definition) is 2. The molecular weight excluding hydrogens is 454 g/mol. The van der Waals surface area contributed by atoms with Gasteiger partial charge in [-0.3, -0.25) is 9.69 Å². The van der Waals surface area contributed by atoms with E-state index in [1.165, 1.54) is 0 Å². The summed E-state index contributed by atoms with van der Waals surface area (Å²) in [7, 11) is 1.60. The molecule has 0 saturated carbocycles. The summed E-state index contributed by atoms with van der Waals surface area (Å²) in [5.41, 5.74) is 1.83. The number of rotatable bonds is 5. The van der Waals surface area contributed by atoms with Crippen molar-refractivity contribution in [2.75, 3.05) is 12.0 Å². The zero-order valence-electron chi connectivity index (χ0n) is 18.8. The number of hydrogen-bond acceptors (Lipinski definition) is 4. The number of carbonyl (C=O) groups is 2. The molecule has 0 unspecified atom stereocenters. The number of urea groups is 1. The Kier molecular flexibility index (Phi) is 5.57. The maximum Gasteiger partial charge on any atom is 0.325 e. The Hall–Kier alpha value is -3.71. The number of fused-ring (bicyclic) bond motifs is 4. The lowest BCUT2D eigenvalue weighted by Crippen LogP contribution is -2.65. The number of carbonyl (C=O) groups excluding carboxylic acids is 2. The summed E-state index contributed by atoms with van der Waals surface area (Å²) in [5.74, 6) is 1.14. The minimum absolute atomic E-state index is 0.205. The Bertz CT molecular complexity index is 1280. The van der Waals surface area contributed by atoms with Gasteiger partial charge in [0.1, 0.15) is 11.5 Å². The van der Waals surface area contributed by atoms with E-state index in [4.69, 9.17) is 21.1 Å². The summed E-state index contributed by atoms with van der Waals surface area (Å²) in [6.45, 7) is 2.20. The van der Waals surface area contributed by atoms with E-state index in [1.54, 1.807) is 42.3 Å². The Labute approximate surface area is 202 Å². The van der Waals surface area contributed by atoms with Crippen molar-refractivity contribution in [3.63, 3.8) is 0 Å². The van der Waals surface area contributed by atoms with Gasteiger partial charge in [0.05, 0.1) is 18.8 Å². The summed E-state index contributed by atoms with van der Waals surface area (Å²) < 4.78 is 11.7. The largest absolute Gasteiger partial charge is 0.496 e. The number of anilines is 1. The molecule has 3 aromatic rings. The van der Waals surface area contributed by atoms with Gasteiger partial charge in [-0.15, -0.1) is 0 Å². The normalized spacial score (nSPS) is 20.6. The van der Waals surface area contributed by atoms with Gasteiger partial charge in [-0.25, -0.2) is 4.79 Å². The third-order valence-electron chi connectivity index (χ3n) is 6.23. The molecule has 2 aliphatic rings. The van der Waals surface area contributed by atoms with Crippen LogP contribution in [0.3, 0.4) is 0 Å². The second-order valence-electron chi connectivity index (χ2n) is 8.55. The second-order valence-corrected chi connectivity index (χ2v) is 8.98. The zero-order chi connectivity index (χ0) is 23.9. The van der Waals surface area contributed by atoms with Crippen LogP contribution >= 0.6 is 11.6 Å². The Morgan fingerprint density at radius 1 is 1.21 bits per heavy atom. The molecule has 0 aliphatic carbocycles. The number of methoxy groups -OCH3 is 1. The van der Waals surface area contributed by atoms with Gasteiger partial charge in [-0.05, 0) is 49.4 Å². The number of ether oxygens (including phenoxy) is 2. The molecule has 2 N–H and O–H groups in total. The van der Waals surface area contributed by atoms with Crippen molar-refractivity contribution < 1.29 is 19.1 Å². The average Bonchev–Trinajstić information content (AvgIpc) is 2.83. The second kappa shape index (κ2) is 8.57. The van der Waals surface area contributed by atoms with Crippen LogP contribution < -0.4 is 25.0 Å². The molecule has 2 heterocycles. The molecule has 3 amide bonds. The van der Waals surface area contributed by atoms with Crippen LogP contribution in [0.4, 0.5) is 10.5 Å². The van der Waals surface area contributed by atoms with E-state index >= 15 is 0 Å². The van der Waals surface area contributed by atoms with E-state index < -0.39 is 5.72 Å². The van der Waals surface area contributed by atoms with Crippen LogP contribution in [-0.4, -0.2) is 24.8 Å². The lowest BCUT2D eigenvalue weighted by atomic mass is 9.90. The van der Waals surface area contributed by atoms with Gasteiger partial charge in [0.2, 0.25) is 0 Å². The van der Waals surface area contributed by atoms with Gasteiger partial charge in [-0.2, -0.15) is 0 Å². The van der Waals surface area contributed by atoms with Crippen molar-refractivity contribution in [2.45, 2.75) is 31.7 Å². The quantitative estimate of drug-likeness (QED) is 0.539. The zero-order valence-corrected chi connectivity index (χ0v) is 19.6. The standard InChI is InChI=1S/C26H24ClN3O4/c1-26-14-21(20-13-18(27)10-11-23(20)34-26)29-25(32)30(26)19-8-5-7-16(12-19)24(31)28-15-17-6-3-4-9-22(17)33-2/h3-13,21H,14-15H2,1-2H3,(H,28,31)(H,29,32)/t21-,26+/m0/s1. The molecule has 8 heteroatoms. The van der Waals surface area contributed by atoms with Gasteiger partial charge >= 0.3 is 6.03 Å². The van der Waals surface area contributed by atoms with Crippen molar-refractivity contribution in [3.05, 3.63) is 88.4 Å². The summed E-state index contributed by atoms with van der Waals surface area (Å²) in [4.78, 5) is 27.6. The van der Waals surface area contributed by atoms with Gasteiger partial charge in [0, 0.05) is 34.7 Å². The van der Waals surface area contributed by atoms with Gasteiger partial charge in [0.25, 0.3) is 5.91 Å². The fourth-order valence-electron chi connectivity index (χ4n) is 4.65. The van der Waals surface area contributed by atoms with Crippen LogP contribution in [0.15, 0.2) is 66.7 Å². The molecular formula is C26H24ClN3O4. The minimum Gasteiger partial charge on any atom is -0.496 e. The lowest BCUT2D eigenvalue weighted by Gasteiger charge is -2.50. The van der Waals surface area contributed by atoms with Gasteiger partial charge in [0.15, 0.2) is 5.72 Å². The first-order valence-electron chi connectivity index (χ1n) is 11.0. The molecule has 0 spiro atoms. The first-order chi connectivity index (χ1) is 16.4. The molecule has 2 bridgehead atoms. The predicted octanol–water partition coefficient (Wildman–Crippen LogP) is 5.05. The molecule has 3 aromatic carbocycles. The Balaban J connectivity index is 1.39. The molecule has 7 nitrogen and oxygen atoms in total. The molecule has 1 fully saturated rings. The molecule has 0 aromatic heterocycles. The van der Waals surface area contributed by atoms with E-state index in [0.717, 1.165) is 11.1 Å². The molecule has 2 atom stereocenters. The van der Waals surface area contributed by atoms with Crippen molar-refractivity contribution in [3.8, 4) is 11.5 Å². The highest BCUT2D eigenvalue weighted by molar-refractivity contribution is 6.30. The molecule has 2 aliphatic heterocycles. The topological polar surface area (TPSA) is 79.9 Å². The summed E-state index contributed by atoms with van der Waals surface area (Å²) in [6, 6.07) is 19.4. The third kappa shape index (κ3) is 3.92. The summed E-state index contributed by atoms with van der Waals surface area (Å²) in [5, 5.41) is 6.56. The number of nitrogens with one attached hydrogen (secondary N) is 2. The smallest absolute Gasteiger partial charge is 0.325 e. The number of nitrogens with zero attached hydrogens (tertiary/aromatic N) is 1. The van der Waals surface area contributed by atoms with Crippen LogP contribution in [0.2, 0.25) is 5.02 Å². The monoisotopic (exact) mass is 477 g/mol. The summed E-state index contributed by atoms with van der Waals surface area (Å²) >= 11 is 6.15. The number of amides is 3. The average molecular weight is 478 g/mol. The molecule has 0 radical (unpaired) electrons. The highest BCUT2D eigenvalue weighted by Gasteiger charge is 2.50. The van der Waals surface area contributed by atoms with Crippen molar-refractivity contribution in [2.24, 2.45) is 0 Å². The van der Waals surface area contributed by atoms with Crippen molar-refractivity contribution in [1.82, 2.24) is 10.6 Å². The molecule has 5 rings (SSSR count). The van der Waals surface area contributed by atoms with Crippen LogP contribution in [0.5, 0.6) is 11.5 Å². The van der Waals surface area contributed by atoms with Gasteiger partial charge < -0.3 is 20.1 Å². The molecule has 34 heavy (non-hydrogen) atoms. The van der Waals surface area contributed by atoms with Crippen LogP contribution in [0.1, 0.15) is 40.9 Å². The molecule has 174 valence electrons. The summed E-state index contributed by atoms with van der Waals surface area (Å²) in [6.07, 6.45) is 0.538. The van der Waals surface area contributed by atoms with Crippen molar-refractivity contribution >= 4 is 29.2 Å². The van der Waals surface area contributed by atoms with E-state index in [1.807, 2.05) is 43.3 Å². The Morgan fingerprint density at radius 2 is 2.03 bits per heavy atom. The van der Waals surface area contributed by atoms with Crippen LogP contribution in [-0.2, 0) is 6.54 Å². The van der Waals surface area contributed by atoms with Crippen LogP contribution in [0.25, 0.3) is 0 Å². The number of halogens is 1. The van der Waals surface area contributed by atoms with E-state index in [2.05, 4.69) is 10.6 Å². The fraction of sp³-hybridized carbons (Fsp3) is 0.231. The molecule has 1 saturated heterocycles. The van der Waals surface area contributed by atoms with Crippen molar-refractivity contribution in [1.29, 1.82) is 0 Å². The van der Waals surface area contributed by atoms with Crippen LogP contribution in [0, 0.1) is 0 Å². The maximum absolute atomic E-state index is 13.2. The van der Waals surface area contributed by atoms with E-state index in [-0.39, 0.29) is 18.0 Å². The number of para-hydroxylation sites is 1. The van der Waals surface area contributed by atoms with E-state index in [9.17, 15) is 9.59 Å². The predicted molar refractivity (Wildman–Crippen MR) is 129 cm³/mol. The minimum atomic E-state index is -0.916. The first kappa shape index (κ1) is 22.1. The third-order valence-corrected chi connectivity index (χ3v) is 6.47. The SMILES string of the molecule is COc1ccccc1CNC(=O)c1cccc(N2C(=O)N[C@H]3C[C@@]2(C)Oc2ccc(Cl)cc23)c1.